The van der Waals surface area contributed by atoms with Crippen molar-refractivity contribution >= 4 is 22.9 Å². The molecule has 1 amide bonds. The number of carbonyl (C=O) groups is 1. The predicted molar refractivity (Wildman–Crippen MR) is 80.6 cm³/mol. The Kier molecular flexibility index (Phi) is 4.71. The summed E-state index contributed by atoms with van der Waals surface area (Å²) in [5.74, 6) is -0.0153. The second kappa shape index (κ2) is 6.50. The summed E-state index contributed by atoms with van der Waals surface area (Å²) in [6, 6.07) is 7.80. The molecule has 0 aliphatic carbocycles. The Balaban J connectivity index is 1.77. The van der Waals surface area contributed by atoms with Gasteiger partial charge in [-0.05, 0) is 53.4 Å². The Hall–Kier alpha value is -1.65. The minimum absolute atomic E-state index is 0.0153. The molecule has 100 valence electrons. The fraction of sp³-hybridized carbons (Fsp3) is 0.267. The SMILES string of the molecule is Cc1cccc(NC(=O)CNCc2cscc2C)c1. The molecule has 1 aromatic carbocycles. The van der Waals surface area contributed by atoms with Crippen molar-refractivity contribution < 1.29 is 4.79 Å². The first kappa shape index (κ1) is 13.8. The third kappa shape index (κ3) is 4.19. The molecule has 0 radical (unpaired) electrons. The van der Waals surface area contributed by atoms with Crippen LogP contribution < -0.4 is 10.6 Å². The van der Waals surface area contributed by atoms with Crippen LogP contribution in [-0.2, 0) is 11.3 Å². The number of aryl methyl sites for hydroxylation is 2. The second-order valence-electron chi connectivity index (χ2n) is 4.60. The van der Waals surface area contributed by atoms with Gasteiger partial charge in [-0.1, -0.05) is 12.1 Å². The molecule has 0 bridgehead atoms. The molecule has 0 fully saturated rings. The summed E-state index contributed by atoms with van der Waals surface area (Å²) < 4.78 is 0. The van der Waals surface area contributed by atoms with Crippen molar-refractivity contribution in [1.82, 2.24) is 5.32 Å². The van der Waals surface area contributed by atoms with Gasteiger partial charge in [-0.3, -0.25) is 4.79 Å². The summed E-state index contributed by atoms with van der Waals surface area (Å²) in [6.45, 7) is 5.15. The van der Waals surface area contributed by atoms with Gasteiger partial charge in [-0.25, -0.2) is 0 Å². The number of benzene rings is 1. The van der Waals surface area contributed by atoms with E-state index in [1.165, 1.54) is 11.1 Å². The Morgan fingerprint density at radius 1 is 1.26 bits per heavy atom. The summed E-state index contributed by atoms with van der Waals surface area (Å²) in [4.78, 5) is 11.8. The quantitative estimate of drug-likeness (QED) is 0.879. The number of amides is 1. The number of carbonyl (C=O) groups excluding carboxylic acids is 1. The molecule has 0 aliphatic heterocycles. The van der Waals surface area contributed by atoms with Crippen molar-refractivity contribution in [3.8, 4) is 0 Å². The van der Waals surface area contributed by atoms with Crippen LogP contribution in [-0.4, -0.2) is 12.5 Å². The normalized spacial score (nSPS) is 10.4. The van der Waals surface area contributed by atoms with Gasteiger partial charge in [-0.2, -0.15) is 11.3 Å². The molecule has 0 spiro atoms. The Labute approximate surface area is 117 Å². The van der Waals surface area contributed by atoms with E-state index in [9.17, 15) is 4.79 Å². The van der Waals surface area contributed by atoms with Crippen molar-refractivity contribution in [3.05, 3.63) is 51.7 Å². The topological polar surface area (TPSA) is 41.1 Å². The highest BCUT2D eigenvalue weighted by Gasteiger charge is 2.03. The third-order valence-electron chi connectivity index (χ3n) is 2.86. The van der Waals surface area contributed by atoms with Gasteiger partial charge in [0.05, 0.1) is 6.54 Å². The van der Waals surface area contributed by atoms with Gasteiger partial charge in [0.1, 0.15) is 0 Å². The predicted octanol–water partition coefficient (Wildman–Crippen LogP) is 3.09. The maximum atomic E-state index is 11.8. The average Bonchev–Trinajstić information content (AvgIpc) is 2.75. The molecule has 4 heteroatoms. The standard InChI is InChI=1S/C15H18N2OS/c1-11-4-3-5-14(6-11)17-15(18)8-16-7-13-10-19-9-12(13)2/h3-6,9-10,16H,7-8H2,1-2H3,(H,17,18). The molecule has 0 unspecified atom stereocenters. The van der Waals surface area contributed by atoms with Crippen LogP contribution >= 0.6 is 11.3 Å². The Bertz CT molecular complexity index is 563. The van der Waals surface area contributed by atoms with E-state index < -0.39 is 0 Å². The largest absolute Gasteiger partial charge is 0.325 e. The van der Waals surface area contributed by atoms with Crippen LogP contribution in [0, 0.1) is 13.8 Å². The first-order chi connectivity index (χ1) is 9.15. The summed E-state index contributed by atoms with van der Waals surface area (Å²) in [6.07, 6.45) is 0. The average molecular weight is 274 g/mol. The fourth-order valence-corrected chi connectivity index (χ4v) is 2.66. The number of nitrogens with one attached hydrogen (secondary N) is 2. The summed E-state index contributed by atoms with van der Waals surface area (Å²) >= 11 is 1.69. The molecule has 1 heterocycles. The van der Waals surface area contributed by atoms with Crippen molar-refractivity contribution in [2.45, 2.75) is 20.4 Å². The first-order valence-corrected chi connectivity index (χ1v) is 7.18. The van der Waals surface area contributed by atoms with Crippen LogP contribution in [0.1, 0.15) is 16.7 Å². The summed E-state index contributed by atoms with van der Waals surface area (Å²) in [5.41, 5.74) is 4.52. The van der Waals surface area contributed by atoms with E-state index in [0.717, 1.165) is 17.8 Å². The minimum atomic E-state index is -0.0153. The van der Waals surface area contributed by atoms with E-state index >= 15 is 0 Å². The van der Waals surface area contributed by atoms with Gasteiger partial charge in [0.2, 0.25) is 5.91 Å². The molecule has 2 rings (SSSR count). The van der Waals surface area contributed by atoms with Crippen molar-refractivity contribution in [3.63, 3.8) is 0 Å². The zero-order valence-electron chi connectivity index (χ0n) is 11.2. The molecular weight excluding hydrogens is 256 g/mol. The van der Waals surface area contributed by atoms with Gasteiger partial charge < -0.3 is 10.6 Å². The van der Waals surface area contributed by atoms with Crippen LogP contribution in [0.3, 0.4) is 0 Å². The fourth-order valence-electron chi connectivity index (χ4n) is 1.81. The van der Waals surface area contributed by atoms with Crippen LogP contribution in [0.15, 0.2) is 35.0 Å². The highest BCUT2D eigenvalue weighted by molar-refractivity contribution is 7.08. The van der Waals surface area contributed by atoms with E-state index in [-0.39, 0.29) is 5.91 Å². The lowest BCUT2D eigenvalue weighted by atomic mass is 10.2. The smallest absolute Gasteiger partial charge is 0.238 e. The summed E-state index contributed by atoms with van der Waals surface area (Å²) in [5, 5.41) is 10.3. The molecule has 3 nitrogen and oxygen atoms in total. The van der Waals surface area contributed by atoms with Crippen LogP contribution in [0.25, 0.3) is 0 Å². The maximum Gasteiger partial charge on any atom is 0.238 e. The van der Waals surface area contributed by atoms with E-state index in [0.29, 0.717) is 6.54 Å². The van der Waals surface area contributed by atoms with E-state index in [1.54, 1.807) is 11.3 Å². The van der Waals surface area contributed by atoms with Gasteiger partial charge in [0.25, 0.3) is 0 Å². The van der Waals surface area contributed by atoms with Gasteiger partial charge >= 0.3 is 0 Å². The molecule has 0 aliphatic rings. The monoisotopic (exact) mass is 274 g/mol. The minimum Gasteiger partial charge on any atom is -0.325 e. The first-order valence-electron chi connectivity index (χ1n) is 6.24. The van der Waals surface area contributed by atoms with Crippen LogP contribution in [0.4, 0.5) is 5.69 Å². The Morgan fingerprint density at radius 3 is 2.79 bits per heavy atom. The van der Waals surface area contributed by atoms with Crippen molar-refractivity contribution in [1.29, 1.82) is 0 Å². The number of hydrogen-bond acceptors (Lipinski definition) is 3. The molecule has 1 aromatic heterocycles. The number of thiophene rings is 1. The molecule has 0 saturated carbocycles. The number of hydrogen-bond donors (Lipinski definition) is 2. The van der Waals surface area contributed by atoms with E-state index in [4.69, 9.17) is 0 Å². The zero-order chi connectivity index (χ0) is 13.7. The molecule has 2 aromatic rings. The molecule has 0 atom stereocenters. The van der Waals surface area contributed by atoms with Crippen LogP contribution in [0.5, 0.6) is 0 Å². The highest BCUT2D eigenvalue weighted by Crippen LogP contribution is 2.13. The lowest BCUT2D eigenvalue weighted by molar-refractivity contribution is -0.115. The molecule has 19 heavy (non-hydrogen) atoms. The number of anilines is 1. The van der Waals surface area contributed by atoms with E-state index in [1.807, 2.05) is 31.2 Å². The van der Waals surface area contributed by atoms with Crippen molar-refractivity contribution in [2.24, 2.45) is 0 Å². The van der Waals surface area contributed by atoms with E-state index in [2.05, 4.69) is 28.3 Å². The maximum absolute atomic E-state index is 11.8. The lowest BCUT2D eigenvalue weighted by Gasteiger charge is -2.07. The molecular formula is C15H18N2OS. The molecule has 0 saturated heterocycles. The second-order valence-corrected chi connectivity index (χ2v) is 5.34. The van der Waals surface area contributed by atoms with Gasteiger partial charge in [0.15, 0.2) is 0 Å². The zero-order valence-corrected chi connectivity index (χ0v) is 12.0. The van der Waals surface area contributed by atoms with Gasteiger partial charge in [-0.15, -0.1) is 0 Å². The highest BCUT2D eigenvalue weighted by atomic mass is 32.1. The third-order valence-corrected chi connectivity index (χ3v) is 3.77. The van der Waals surface area contributed by atoms with Crippen LogP contribution in [0.2, 0.25) is 0 Å². The lowest BCUT2D eigenvalue weighted by Crippen LogP contribution is -2.27. The Morgan fingerprint density at radius 2 is 2.11 bits per heavy atom. The molecule has 2 N–H and O–H groups in total. The number of rotatable bonds is 5. The van der Waals surface area contributed by atoms with Crippen molar-refractivity contribution in [2.75, 3.05) is 11.9 Å². The summed E-state index contributed by atoms with van der Waals surface area (Å²) in [7, 11) is 0. The van der Waals surface area contributed by atoms with Gasteiger partial charge in [0, 0.05) is 12.2 Å².